The van der Waals surface area contributed by atoms with E-state index >= 15 is 0 Å². The second-order valence-corrected chi connectivity index (χ2v) is 11.0. The minimum Gasteiger partial charge on any atom is -0.506 e. The number of halogens is 1. The molecule has 2 aliphatic rings. The number of aromatic hydroxyl groups is 1. The van der Waals surface area contributed by atoms with Crippen molar-refractivity contribution in [3.63, 3.8) is 0 Å². The molecule has 0 unspecified atom stereocenters. The smallest absolute Gasteiger partial charge is 0.271 e. The van der Waals surface area contributed by atoms with Crippen LogP contribution >= 0.6 is 27.3 Å². The molecule has 10 nitrogen and oxygen atoms in total. The summed E-state index contributed by atoms with van der Waals surface area (Å²) in [4.78, 5) is 41.0. The van der Waals surface area contributed by atoms with Gasteiger partial charge in [-0.15, -0.1) is 0 Å². The number of nitro benzene ring substituents is 2. The van der Waals surface area contributed by atoms with Crippen LogP contribution in [0.25, 0.3) is 11.8 Å². The van der Waals surface area contributed by atoms with Crippen LogP contribution in [0, 0.1) is 20.2 Å². The van der Waals surface area contributed by atoms with Gasteiger partial charge in [0, 0.05) is 35.4 Å². The van der Waals surface area contributed by atoms with E-state index in [1.807, 2.05) is 24.3 Å². The van der Waals surface area contributed by atoms with E-state index in [4.69, 9.17) is 4.99 Å². The number of thiazole rings is 1. The van der Waals surface area contributed by atoms with Crippen molar-refractivity contribution in [2.24, 2.45) is 4.99 Å². The predicted molar refractivity (Wildman–Crippen MR) is 148 cm³/mol. The molecule has 0 fully saturated rings. The summed E-state index contributed by atoms with van der Waals surface area (Å²) in [5.74, 6) is -0.241. The molecular weight excluding hydrogens is 588 g/mol. The number of benzene rings is 3. The van der Waals surface area contributed by atoms with Crippen LogP contribution in [0.2, 0.25) is 0 Å². The van der Waals surface area contributed by atoms with E-state index < -0.39 is 21.4 Å². The predicted octanol–water partition coefficient (Wildman–Crippen LogP) is 4.60. The van der Waals surface area contributed by atoms with Gasteiger partial charge in [-0.2, -0.15) is 0 Å². The van der Waals surface area contributed by atoms with Crippen molar-refractivity contribution in [1.29, 1.82) is 0 Å². The topological polar surface area (TPSA) is 141 Å². The Kier molecular flexibility index (Phi) is 6.00. The van der Waals surface area contributed by atoms with Crippen molar-refractivity contribution in [1.82, 2.24) is 4.57 Å². The van der Waals surface area contributed by atoms with Crippen LogP contribution in [0.4, 0.5) is 11.4 Å². The maximum absolute atomic E-state index is 13.9. The van der Waals surface area contributed by atoms with E-state index in [0.717, 1.165) is 40.2 Å². The molecule has 0 saturated carbocycles. The van der Waals surface area contributed by atoms with Crippen molar-refractivity contribution in [2.75, 3.05) is 0 Å². The SMILES string of the molecule is O=c1/c(=C\c2cc([N+](=O)[O-])cc(Br)c2O)sc2n1[C@H](c1cccc([N+](=O)[O-])c1)C1=C(N=2)c2ccccc2CC1. The van der Waals surface area contributed by atoms with Gasteiger partial charge in [-0.3, -0.25) is 29.6 Å². The van der Waals surface area contributed by atoms with Crippen molar-refractivity contribution < 1.29 is 15.0 Å². The molecule has 1 N–H and O–H groups in total. The second-order valence-electron chi connectivity index (χ2n) is 9.09. The average Bonchev–Trinajstić information content (AvgIpc) is 3.24. The van der Waals surface area contributed by atoms with Crippen LogP contribution in [-0.4, -0.2) is 19.5 Å². The van der Waals surface area contributed by atoms with E-state index in [9.17, 15) is 30.1 Å². The highest BCUT2D eigenvalue weighted by molar-refractivity contribution is 9.10. The summed E-state index contributed by atoms with van der Waals surface area (Å²) in [6.45, 7) is 0. The summed E-state index contributed by atoms with van der Waals surface area (Å²) in [6, 6.07) is 15.9. The molecule has 1 aliphatic heterocycles. The number of aryl methyl sites for hydroxylation is 1. The van der Waals surface area contributed by atoms with E-state index in [1.165, 1.54) is 34.9 Å². The number of nitrogens with zero attached hydrogens (tertiary/aromatic N) is 4. The average molecular weight is 605 g/mol. The third-order valence-corrected chi connectivity index (χ3v) is 8.43. The fourth-order valence-electron chi connectivity index (χ4n) is 5.09. The Hall–Kier alpha value is -4.42. The molecule has 1 atom stereocenters. The first-order valence-corrected chi connectivity index (χ1v) is 13.4. The van der Waals surface area contributed by atoms with Crippen molar-refractivity contribution in [3.05, 3.63) is 133 Å². The first-order chi connectivity index (χ1) is 18.7. The number of phenols is 1. The van der Waals surface area contributed by atoms with Gasteiger partial charge >= 0.3 is 0 Å². The monoisotopic (exact) mass is 604 g/mol. The zero-order chi connectivity index (χ0) is 27.4. The Labute approximate surface area is 231 Å². The highest BCUT2D eigenvalue weighted by atomic mass is 79.9. The molecule has 39 heavy (non-hydrogen) atoms. The Morgan fingerprint density at radius 2 is 1.79 bits per heavy atom. The quantitative estimate of drug-likeness (QED) is 0.266. The summed E-state index contributed by atoms with van der Waals surface area (Å²) in [7, 11) is 0. The van der Waals surface area contributed by atoms with Crippen LogP contribution in [0.3, 0.4) is 0 Å². The number of rotatable bonds is 4. The molecule has 0 bridgehead atoms. The van der Waals surface area contributed by atoms with Crippen LogP contribution in [0.5, 0.6) is 5.75 Å². The lowest BCUT2D eigenvalue weighted by atomic mass is 9.83. The van der Waals surface area contributed by atoms with Gasteiger partial charge in [0.25, 0.3) is 16.9 Å². The van der Waals surface area contributed by atoms with E-state index in [2.05, 4.69) is 15.9 Å². The first kappa shape index (κ1) is 24.9. The van der Waals surface area contributed by atoms with E-state index in [0.29, 0.717) is 16.8 Å². The number of phenolic OH excluding ortho intramolecular Hbond substituents is 1. The van der Waals surface area contributed by atoms with Crippen LogP contribution in [-0.2, 0) is 6.42 Å². The number of allylic oxidation sites excluding steroid dienone is 1. The molecule has 1 aliphatic carbocycles. The standard InChI is InChI=1S/C27H17BrN4O6S/c28-21-13-18(32(37)38)11-16(25(21)33)12-22-26(34)30-24(15-5-3-6-17(10-15)31(35)36)20-9-8-14-4-1-2-7-19(14)23(20)29-27(30)39-22/h1-7,10-13,24,33H,8-9H2/b22-12+/t24-/m1/s1. The minimum absolute atomic E-state index is 0.0867. The van der Waals surface area contributed by atoms with E-state index in [1.54, 1.807) is 12.1 Å². The summed E-state index contributed by atoms with van der Waals surface area (Å²) in [5, 5.41) is 33.5. The molecule has 0 amide bonds. The van der Waals surface area contributed by atoms with Crippen molar-refractivity contribution >= 4 is 50.4 Å². The van der Waals surface area contributed by atoms with Gasteiger partial charge in [0.15, 0.2) is 4.80 Å². The summed E-state index contributed by atoms with van der Waals surface area (Å²) in [5.41, 5.74) is 3.63. The Balaban J connectivity index is 1.63. The van der Waals surface area contributed by atoms with Gasteiger partial charge in [0.05, 0.1) is 30.6 Å². The number of hydrogen-bond acceptors (Lipinski definition) is 8. The molecule has 0 saturated heterocycles. The van der Waals surface area contributed by atoms with Crippen LogP contribution in [0.1, 0.15) is 34.7 Å². The summed E-state index contributed by atoms with van der Waals surface area (Å²) in [6.07, 6.45) is 2.75. The highest BCUT2D eigenvalue weighted by Crippen LogP contribution is 2.41. The molecule has 0 radical (unpaired) electrons. The third kappa shape index (κ3) is 4.17. The zero-order valence-corrected chi connectivity index (χ0v) is 22.3. The molecular formula is C27H17BrN4O6S. The largest absolute Gasteiger partial charge is 0.506 e. The molecule has 3 aromatic carbocycles. The Morgan fingerprint density at radius 1 is 1.03 bits per heavy atom. The molecule has 4 aromatic rings. The van der Waals surface area contributed by atoms with E-state index in [-0.39, 0.29) is 31.7 Å². The second kappa shape index (κ2) is 9.40. The maximum Gasteiger partial charge on any atom is 0.271 e. The normalized spacial score (nSPS) is 16.2. The number of fused-ring (bicyclic) bond motifs is 3. The van der Waals surface area contributed by atoms with Gasteiger partial charge in [-0.25, -0.2) is 4.99 Å². The van der Waals surface area contributed by atoms with Gasteiger partial charge in [0.1, 0.15) is 5.75 Å². The van der Waals surface area contributed by atoms with Crippen LogP contribution < -0.4 is 14.9 Å². The van der Waals surface area contributed by atoms with Crippen molar-refractivity contribution in [2.45, 2.75) is 18.9 Å². The molecule has 1 aromatic heterocycles. The number of non-ortho nitro benzene ring substituents is 2. The van der Waals surface area contributed by atoms with Gasteiger partial charge in [0.2, 0.25) is 0 Å². The number of hydrogen-bond donors (Lipinski definition) is 1. The Morgan fingerprint density at radius 3 is 2.56 bits per heavy atom. The fraction of sp³-hybridized carbons (Fsp3) is 0.111. The number of nitro groups is 2. The third-order valence-electron chi connectivity index (χ3n) is 6.84. The highest BCUT2D eigenvalue weighted by Gasteiger charge is 2.33. The first-order valence-electron chi connectivity index (χ1n) is 11.8. The fourth-order valence-corrected chi connectivity index (χ4v) is 6.55. The molecule has 2 heterocycles. The molecule has 12 heteroatoms. The van der Waals surface area contributed by atoms with Gasteiger partial charge in [-0.1, -0.05) is 47.7 Å². The van der Waals surface area contributed by atoms with Crippen molar-refractivity contribution in [3.8, 4) is 5.75 Å². The minimum atomic E-state index is -0.628. The zero-order valence-electron chi connectivity index (χ0n) is 19.9. The molecule has 6 rings (SSSR count). The van der Waals surface area contributed by atoms with Crippen LogP contribution in [0.15, 0.2) is 80.5 Å². The van der Waals surface area contributed by atoms with Gasteiger partial charge in [-0.05, 0) is 51.5 Å². The lowest BCUT2D eigenvalue weighted by Gasteiger charge is -2.30. The lowest BCUT2D eigenvalue weighted by molar-refractivity contribution is -0.385. The molecule has 0 spiro atoms. The lowest BCUT2D eigenvalue weighted by Crippen LogP contribution is -2.38. The number of aromatic nitrogens is 1. The van der Waals surface area contributed by atoms with Gasteiger partial charge < -0.3 is 5.11 Å². The Bertz CT molecular complexity index is 1940. The maximum atomic E-state index is 13.9. The summed E-state index contributed by atoms with van der Waals surface area (Å²) >= 11 is 4.22. The molecule has 194 valence electrons. The summed E-state index contributed by atoms with van der Waals surface area (Å²) < 4.78 is 1.85.